The smallest absolute Gasteiger partial charge is 0.326 e. The van der Waals surface area contributed by atoms with Crippen LogP contribution < -0.4 is 27.4 Å². The quantitative estimate of drug-likeness (QED) is 0.150. The first-order chi connectivity index (χ1) is 14.7. The Bertz CT molecular complexity index is 580. The van der Waals surface area contributed by atoms with Crippen LogP contribution >= 0.6 is 23.5 Å². The molecule has 0 fully saturated rings. The van der Waals surface area contributed by atoms with Crippen LogP contribution in [-0.2, 0) is 19.2 Å². The van der Waals surface area contributed by atoms with Crippen LogP contribution in [0.1, 0.15) is 39.0 Å². The van der Waals surface area contributed by atoms with Crippen molar-refractivity contribution in [1.82, 2.24) is 16.0 Å². The summed E-state index contributed by atoms with van der Waals surface area (Å²) < 4.78 is 0. The Hall–Kier alpha value is -1.50. The Morgan fingerprint density at radius 2 is 1.26 bits per heavy atom. The minimum atomic E-state index is -1.14. The van der Waals surface area contributed by atoms with Crippen molar-refractivity contribution >= 4 is 47.2 Å². The number of carbonyl (C=O) groups is 4. The van der Waals surface area contributed by atoms with E-state index in [1.54, 1.807) is 0 Å². The van der Waals surface area contributed by atoms with Gasteiger partial charge in [-0.2, -0.15) is 23.5 Å². The Labute approximate surface area is 192 Å². The second-order valence-electron chi connectivity index (χ2n) is 7.16. The molecule has 12 heteroatoms. The molecule has 0 aliphatic heterocycles. The van der Waals surface area contributed by atoms with Gasteiger partial charge in [-0.1, -0.05) is 0 Å². The normalized spacial score (nSPS) is 14.7. The minimum Gasteiger partial charge on any atom is -0.480 e. The van der Waals surface area contributed by atoms with Crippen molar-refractivity contribution in [3.8, 4) is 0 Å². The molecular weight excluding hydrogens is 442 g/mol. The van der Waals surface area contributed by atoms with Gasteiger partial charge in [-0.25, -0.2) is 4.79 Å². The van der Waals surface area contributed by atoms with Crippen molar-refractivity contribution in [2.24, 2.45) is 11.5 Å². The molecule has 10 nitrogen and oxygen atoms in total. The summed E-state index contributed by atoms with van der Waals surface area (Å²) in [6, 6.07) is -3.58. The molecule has 0 bridgehead atoms. The van der Waals surface area contributed by atoms with Crippen LogP contribution in [0.5, 0.6) is 0 Å². The zero-order chi connectivity index (χ0) is 23.8. The fraction of sp³-hybridized carbons (Fsp3) is 0.789. The largest absolute Gasteiger partial charge is 0.480 e. The first kappa shape index (κ1) is 29.5. The second-order valence-corrected chi connectivity index (χ2v) is 9.13. The number of nitrogens with two attached hydrogens (primary N) is 2. The van der Waals surface area contributed by atoms with Crippen molar-refractivity contribution in [2.45, 2.75) is 63.2 Å². The van der Waals surface area contributed by atoms with Gasteiger partial charge in [-0.15, -0.1) is 0 Å². The van der Waals surface area contributed by atoms with Gasteiger partial charge in [0.25, 0.3) is 0 Å². The first-order valence-electron chi connectivity index (χ1n) is 10.2. The van der Waals surface area contributed by atoms with Gasteiger partial charge in [0.1, 0.15) is 18.1 Å². The van der Waals surface area contributed by atoms with Gasteiger partial charge >= 0.3 is 5.97 Å². The number of unbranched alkanes of at least 4 members (excludes halogenated alkanes) is 1. The molecule has 0 radical (unpaired) electrons. The number of hydrogen-bond acceptors (Lipinski definition) is 8. The summed E-state index contributed by atoms with van der Waals surface area (Å²) in [7, 11) is 0. The Morgan fingerprint density at radius 3 is 1.65 bits per heavy atom. The van der Waals surface area contributed by atoms with Gasteiger partial charge < -0.3 is 32.5 Å². The van der Waals surface area contributed by atoms with E-state index in [0.717, 1.165) is 0 Å². The van der Waals surface area contributed by atoms with Crippen molar-refractivity contribution in [3.63, 3.8) is 0 Å². The lowest BCUT2D eigenvalue weighted by atomic mass is 10.1. The molecule has 3 amide bonds. The lowest BCUT2D eigenvalue weighted by molar-refractivity contribution is -0.142. The molecule has 0 aromatic carbocycles. The summed E-state index contributed by atoms with van der Waals surface area (Å²) in [5, 5.41) is 17.2. The molecule has 0 aromatic rings. The lowest BCUT2D eigenvalue weighted by Crippen LogP contribution is -2.57. The van der Waals surface area contributed by atoms with Crippen LogP contribution in [0.2, 0.25) is 0 Å². The highest BCUT2D eigenvalue weighted by Crippen LogP contribution is 2.07. The maximum atomic E-state index is 12.8. The van der Waals surface area contributed by atoms with Crippen LogP contribution in [0.4, 0.5) is 0 Å². The SMILES string of the molecule is CSCCC(NC(=O)C(C)N)C(=O)NC(CCSC)C(=O)NC(CCCCN)C(=O)O. The van der Waals surface area contributed by atoms with E-state index in [1.165, 1.54) is 30.4 Å². The zero-order valence-corrected chi connectivity index (χ0v) is 20.2. The number of hydrogen-bond donors (Lipinski definition) is 6. The molecule has 180 valence electrons. The summed E-state index contributed by atoms with van der Waals surface area (Å²) in [5.74, 6) is -1.45. The van der Waals surface area contributed by atoms with E-state index < -0.39 is 47.9 Å². The second kappa shape index (κ2) is 17.1. The zero-order valence-electron chi connectivity index (χ0n) is 18.5. The van der Waals surface area contributed by atoms with Gasteiger partial charge in [0.15, 0.2) is 0 Å². The summed E-state index contributed by atoms with van der Waals surface area (Å²) in [6.45, 7) is 1.96. The third kappa shape index (κ3) is 12.8. The monoisotopic (exact) mass is 479 g/mol. The van der Waals surface area contributed by atoms with E-state index in [0.29, 0.717) is 43.7 Å². The molecule has 0 saturated carbocycles. The van der Waals surface area contributed by atoms with Gasteiger partial charge in [0.05, 0.1) is 6.04 Å². The van der Waals surface area contributed by atoms with Crippen LogP contribution in [0.15, 0.2) is 0 Å². The van der Waals surface area contributed by atoms with E-state index in [1.807, 2.05) is 12.5 Å². The highest BCUT2D eigenvalue weighted by molar-refractivity contribution is 7.98. The number of aliphatic carboxylic acids is 1. The number of nitrogens with one attached hydrogen (secondary N) is 3. The maximum Gasteiger partial charge on any atom is 0.326 e. The molecule has 0 rings (SSSR count). The minimum absolute atomic E-state index is 0.252. The Morgan fingerprint density at radius 1 is 0.806 bits per heavy atom. The standard InChI is InChI=1S/C19H37N5O5S2/c1-12(21)16(25)22-13(7-10-30-2)17(26)23-14(8-11-31-3)18(27)24-15(19(28)29)6-4-5-9-20/h12-15H,4-11,20-21H2,1-3H3,(H,22,25)(H,23,26)(H,24,27)(H,28,29). The predicted molar refractivity (Wildman–Crippen MR) is 126 cm³/mol. The molecule has 0 heterocycles. The average molecular weight is 480 g/mol. The third-order valence-corrected chi connectivity index (χ3v) is 5.75. The summed E-state index contributed by atoms with van der Waals surface area (Å²) in [6.07, 6.45) is 5.92. The summed E-state index contributed by atoms with van der Waals surface area (Å²) in [4.78, 5) is 49.1. The van der Waals surface area contributed by atoms with E-state index in [4.69, 9.17) is 11.5 Å². The first-order valence-corrected chi connectivity index (χ1v) is 13.0. The molecule has 0 aliphatic rings. The third-order valence-electron chi connectivity index (χ3n) is 4.46. The van der Waals surface area contributed by atoms with E-state index >= 15 is 0 Å². The topological polar surface area (TPSA) is 177 Å². The molecule has 31 heavy (non-hydrogen) atoms. The molecule has 0 spiro atoms. The van der Waals surface area contributed by atoms with Crippen LogP contribution in [0, 0.1) is 0 Å². The van der Waals surface area contributed by atoms with E-state index in [-0.39, 0.29) is 6.42 Å². The molecular formula is C19H37N5O5S2. The maximum absolute atomic E-state index is 12.8. The highest BCUT2D eigenvalue weighted by atomic mass is 32.2. The average Bonchev–Trinajstić information content (AvgIpc) is 2.72. The fourth-order valence-electron chi connectivity index (χ4n) is 2.61. The van der Waals surface area contributed by atoms with Crippen molar-refractivity contribution in [2.75, 3.05) is 30.6 Å². The van der Waals surface area contributed by atoms with E-state index in [9.17, 15) is 24.3 Å². The van der Waals surface area contributed by atoms with Crippen LogP contribution in [0.25, 0.3) is 0 Å². The fourth-order valence-corrected chi connectivity index (χ4v) is 3.55. The Kier molecular flexibility index (Phi) is 16.3. The van der Waals surface area contributed by atoms with Crippen LogP contribution in [-0.4, -0.2) is 83.5 Å². The van der Waals surface area contributed by atoms with Crippen molar-refractivity contribution < 1.29 is 24.3 Å². The van der Waals surface area contributed by atoms with Gasteiger partial charge in [0.2, 0.25) is 17.7 Å². The summed E-state index contributed by atoms with van der Waals surface area (Å²) in [5.41, 5.74) is 11.0. The number of carboxylic acids is 1. The number of carbonyl (C=O) groups excluding carboxylic acids is 3. The van der Waals surface area contributed by atoms with Crippen molar-refractivity contribution in [3.05, 3.63) is 0 Å². The van der Waals surface area contributed by atoms with Crippen molar-refractivity contribution in [1.29, 1.82) is 0 Å². The number of thioether (sulfide) groups is 2. The van der Waals surface area contributed by atoms with Gasteiger partial charge in [-0.05, 0) is 69.6 Å². The number of carboxylic acid groups (broad SMARTS) is 1. The number of rotatable bonds is 17. The van der Waals surface area contributed by atoms with Crippen LogP contribution in [0.3, 0.4) is 0 Å². The molecule has 4 unspecified atom stereocenters. The molecule has 8 N–H and O–H groups in total. The predicted octanol–water partition coefficient (Wildman–Crippen LogP) is -0.492. The summed E-state index contributed by atoms with van der Waals surface area (Å²) >= 11 is 3.03. The van der Waals surface area contributed by atoms with Gasteiger partial charge in [0, 0.05) is 0 Å². The Balaban J connectivity index is 5.26. The molecule has 4 atom stereocenters. The highest BCUT2D eigenvalue weighted by Gasteiger charge is 2.29. The number of amides is 3. The molecule has 0 aromatic heterocycles. The van der Waals surface area contributed by atoms with Gasteiger partial charge in [-0.3, -0.25) is 14.4 Å². The van der Waals surface area contributed by atoms with E-state index in [2.05, 4.69) is 16.0 Å². The lowest BCUT2D eigenvalue weighted by Gasteiger charge is -2.25. The molecule has 0 aliphatic carbocycles. The molecule has 0 saturated heterocycles.